The van der Waals surface area contributed by atoms with Gasteiger partial charge in [0, 0.05) is 43.6 Å². The summed E-state index contributed by atoms with van der Waals surface area (Å²) in [6, 6.07) is 7.54. The van der Waals surface area contributed by atoms with Gasteiger partial charge in [-0.25, -0.2) is 0 Å². The van der Waals surface area contributed by atoms with Gasteiger partial charge in [-0.15, -0.1) is 0 Å². The summed E-state index contributed by atoms with van der Waals surface area (Å²) in [6.45, 7) is 4.09. The quantitative estimate of drug-likeness (QED) is 0.750. The van der Waals surface area contributed by atoms with Gasteiger partial charge < -0.3 is 14.5 Å². The van der Waals surface area contributed by atoms with E-state index in [9.17, 15) is 9.59 Å². The minimum absolute atomic E-state index is 0.123. The van der Waals surface area contributed by atoms with E-state index in [-0.39, 0.29) is 11.8 Å². The predicted octanol–water partition coefficient (Wildman–Crippen LogP) is 4.12. The van der Waals surface area contributed by atoms with Gasteiger partial charge >= 0.3 is 0 Å². The Kier molecular flexibility index (Phi) is 6.73. The summed E-state index contributed by atoms with van der Waals surface area (Å²) in [6.07, 6.45) is 10.2. The van der Waals surface area contributed by atoms with Gasteiger partial charge in [0.25, 0.3) is 5.91 Å². The van der Waals surface area contributed by atoms with Crippen LogP contribution in [0.1, 0.15) is 68.1 Å². The second-order valence-electron chi connectivity index (χ2n) is 8.96. The Balaban J connectivity index is 1.26. The van der Waals surface area contributed by atoms with Crippen molar-refractivity contribution in [2.24, 2.45) is 11.8 Å². The average molecular weight is 399 g/mol. The average Bonchev–Trinajstić information content (AvgIpc) is 3.33. The van der Waals surface area contributed by atoms with Crippen LogP contribution in [-0.4, -0.2) is 54.4 Å². The first-order chi connectivity index (χ1) is 14.2. The Morgan fingerprint density at radius 2 is 1.52 bits per heavy atom. The van der Waals surface area contributed by atoms with Crippen molar-refractivity contribution in [3.05, 3.63) is 29.8 Å². The third-order valence-electron chi connectivity index (χ3n) is 6.77. The standard InChI is InChI=1S/C24H34N2O3/c27-23(25-14-4-5-15-25)21-10-12-22(13-11-21)29-18-19-7-6-16-26(17-19)24(28)20-8-2-1-3-9-20/h10-13,19-20H,1-9,14-18H2/t19-/m1/s1. The second-order valence-corrected chi connectivity index (χ2v) is 8.96. The number of hydrogen-bond donors (Lipinski definition) is 0. The fraction of sp³-hybridized carbons (Fsp3) is 0.667. The molecule has 0 aromatic heterocycles. The molecule has 1 aliphatic carbocycles. The van der Waals surface area contributed by atoms with Crippen LogP contribution in [0.2, 0.25) is 0 Å². The van der Waals surface area contributed by atoms with E-state index in [1.807, 2.05) is 29.2 Å². The van der Waals surface area contributed by atoms with Crippen molar-refractivity contribution in [3.63, 3.8) is 0 Å². The molecule has 0 unspecified atom stereocenters. The maximum absolute atomic E-state index is 12.8. The molecule has 1 aromatic rings. The van der Waals surface area contributed by atoms with Crippen molar-refractivity contribution in [2.45, 2.75) is 57.8 Å². The summed E-state index contributed by atoms with van der Waals surface area (Å²) >= 11 is 0. The summed E-state index contributed by atoms with van der Waals surface area (Å²) in [7, 11) is 0. The molecule has 3 aliphatic rings. The van der Waals surface area contributed by atoms with E-state index < -0.39 is 0 Å². The molecule has 0 N–H and O–H groups in total. The van der Waals surface area contributed by atoms with Gasteiger partial charge in [0.15, 0.2) is 0 Å². The molecule has 1 aromatic carbocycles. The van der Waals surface area contributed by atoms with Crippen LogP contribution >= 0.6 is 0 Å². The maximum atomic E-state index is 12.8. The zero-order chi connectivity index (χ0) is 20.1. The molecule has 2 saturated heterocycles. The summed E-state index contributed by atoms with van der Waals surface area (Å²) in [4.78, 5) is 29.3. The van der Waals surface area contributed by atoms with E-state index in [1.54, 1.807) is 0 Å². The van der Waals surface area contributed by atoms with Crippen LogP contribution in [0.3, 0.4) is 0 Å². The smallest absolute Gasteiger partial charge is 0.253 e. The third kappa shape index (κ3) is 5.12. The van der Waals surface area contributed by atoms with E-state index in [4.69, 9.17) is 4.74 Å². The minimum atomic E-state index is 0.123. The molecular weight excluding hydrogens is 364 g/mol. The molecule has 1 saturated carbocycles. The Bertz CT molecular complexity index is 691. The Hall–Kier alpha value is -2.04. The number of piperidine rings is 1. The van der Waals surface area contributed by atoms with Gasteiger partial charge in [0.05, 0.1) is 6.61 Å². The zero-order valence-corrected chi connectivity index (χ0v) is 17.5. The van der Waals surface area contributed by atoms with Crippen molar-refractivity contribution >= 4 is 11.8 Å². The van der Waals surface area contributed by atoms with Gasteiger partial charge in [0.1, 0.15) is 5.75 Å². The van der Waals surface area contributed by atoms with Gasteiger partial charge in [0.2, 0.25) is 5.91 Å². The van der Waals surface area contributed by atoms with E-state index in [0.717, 1.165) is 76.0 Å². The van der Waals surface area contributed by atoms with Gasteiger partial charge in [-0.1, -0.05) is 19.3 Å². The first kappa shape index (κ1) is 20.2. The topological polar surface area (TPSA) is 49.9 Å². The van der Waals surface area contributed by atoms with Crippen LogP contribution in [0.5, 0.6) is 5.75 Å². The Labute approximate surface area is 174 Å². The monoisotopic (exact) mass is 398 g/mol. The molecule has 0 radical (unpaired) electrons. The first-order valence-electron chi connectivity index (χ1n) is 11.5. The zero-order valence-electron chi connectivity index (χ0n) is 17.5. The number of benzene rings is 1. The molecule has 158 valence electrons. The highest BCUT2D eigenvalue weighted by Gasteiger charge is 2.30. The largest absolute Gasteiger partial charge is 0.493 e. The Morgan fingerprint density at radius 3 is 2.24 bits per heavy atom. The molecule has 2 heterocycles. The molecule has 5 heteroatoms. The number of nitrogens with zero attached hydrogens (tertiary/aromatic N) is 2. The highest BCUT2D eigenvalue weighted by Crippen LogP contribution is 2.28. The fourth-order valence-electron chi connectivity index (χ4n) is 5.02. The molecule has 2 aliphatic heterocycles. The number of likely N-dealkylation sites (tertiary alicyclic amines) is 2. The van der Waals surface area contributed by atoms with Crippen LogP contribution in [0.25, 0.3) is 0 Å². The van der Waals surface area contributed by atoms with E-state index >= 15 is 0 Å². The van der Waals surface area contributed by atoms with Gasteiger partial charge in [-0.2, -0.15) is 0 Å². The van der Waals surface area contributed by atoms with E-state index in [0.29, 0.717) is 18.4 Å². The van der Waals surface area contributed by atoms with Crippen LogP contribution in [0.4, 0.5) is 0 Å². The molecule has 0 bridgehead atoms. The lowest BCUT2D eigenvalue weighted by Crippen LogP contribution is -2.44. The summed E-state index contributed by atoms with van der Waals surface area (Å²) in [5.41, 5.74) is 0.737. The molecule has 1 atom stereocenters. The molecule has 0 spiro atoms. The van der Waals surface area contributed by atoms with Crippen LogP contribution in [0, 0.1) is 11.8 Å². The lowest BCUT2D eigenvalue weighted by atomic mass is 9.87. The van der Waals surface area contributed by atoms with Crippen molar-refractivity contribution in [3.8, 4) is 5.75 Å². The van der Waals surface area contributed by atoms with E-state index in [2.05, 4.69) is 4.90 Å². The lowest BCUT2D eigenvalue weighted by Gasteiger charge is -2.35. The summed E-state index contributed by atoms with van der Waals surface area (Å²) in [5, 5.41) is 0. The third-order valence-corrected chi connectivity index (χ3v) is 6.77. The predicted molar refractivity (Wildman–Crippen MR) is 113 cm³/mol. The molecule has 3 fully saturated rings. The minimum Gasteiger partial charge on any atom is -0.493 e. The number of rotatable bonds is 5. The lowest BCUT2D eigenvalue weighted by molar-refractivity contribution is -0.138. The number of amides is 2. The molecular formula is C24H34N2O3. The summed E-state index contributed by atoms with van der Waals surface area (Å²) in [5.74, 6) is 1.95. The SMILES string of the molecule is O=C(c1ccc(OC[C@@H]2CCCN(C(=O)C3CCCCC3)C2)cc1)N1CCCC1. The van der Waals surface area contributed by atoms with Gasteiger partial charge in [-0.05, 0) is 62.8 Å². The first-order valence-corrected chi connectivity index (χ1v) is 11.5. The summed E-state index contributed by atoms with van der Waals surface area (Å²) < 4.78 is 6.02. The molecule has 4 rings (SSSR count). The highest BCUT2D eigenvalue weighted by atomic mass is 16.5. The molecule has 2 amide bonds. The number of hydrogen-bond acceptors (Lipinski definition) is 3. The van der Waals surface area contributed by atoms with Crippen molar-refractivity contribution < 1.29 is 14.3 Å². The molecule has 29 heavy (non-hydrogen) atoms. The number of carbonyl (C=O) groups excluding carboxylic acids is 2. The van der Waals surface area contributed by atoms with Crippen LogP contribution in [-0.2, 0) is 4.79 Å². The van der Waals surface area contributed by atoms with Gasteiger partial charge in [-0.3, -0.25) is 9.59 Å². The fourth-order valence-corrected chi connectivity index (χ4v) is 5.02. The highest BCUT2D eigenvalue weighted by molar-refractivity contribution is 5.94. The van der Waals surface area contributed by atoms with Crippen LogP contribution < -0.4 is 4.74 Å². The maximum Gasteiger partial charge on any atom is 0.253 e. The van der Waals surface area contributed by atoms with Crippen molar-refractivity contribution in [1.29, 1.82) is 0 Å². The molecule has 5 nitrogen and oxygen atoms in total. The van der Waals surface area contributed by atoms with E-state index in [1.165, 1.54) is 19.3 Å². The van der Waals surface area contributed by atoms with Crippen molar-refractivity contribution in [2.75, 3.05) is 32.8 Å². The number of ether oxygens (including phenoxy) is 1. The normalized spacial score (nSPS) is 23.2. The number of carbonyl (C=O) groups is 2. The second kappa shape index (κ2) is 9.64. The Morgan fingerprint density at radius 1 is 0.828 bits per heavy atom. The van der Waals surface area contributed by atoms with Crippen molar-refractivity contribution in [1.82, 2.24) is 9.80 Å². The van der Waals surface area contributed by atoms with Crippen LogP contribution in [0.15, 0.2) is 24.3 Å².